The van der Waals surface area contributed by atoms with Crippen molar-refractivity contribution >= 4 is 17.3 Å². The molecule has 1 aromatic carbocycles. The smallest absolute Gasteiger partial charge is 0.182 e. The van der Waals surface area contributed by atoms with Crippen molar-refractivity contribution < 1.29 is 8.78 Å². The molecule has 106 valence electrons. The molecular weight excluding hydrogens is 262 g/mol. The second-order valence-corrected chi connectivity index (χ2v) is 4.35. The van der Waals surface area contributed by atoms with Crippen LogP contribution in [-0.2, 0) is 0 Å². The first kappa shape index (κ1) is 14.2. The summed E-state index contributed by atoms with van der Waals surface area (Å²) in [6.45, 7) is 4.65. The summed E-state index contributed by atoms with van der Waals surface area (Å²) in [5.41, 5.74) is 0.804. The molecule has 0 unspecified atom stereocenters. The van der Waals surface area contributed by atoms with Crippen LogP contribution in [0.1, 0.15) is 18.9 Å². The molecule has 1 heterocycles. The van der Waals surface area contributed by atoms with Gasteiger partial charge in [-0.3, -0.25) is 0 Å². The highest BCUT2D eigenvalue weighted by Crippen LogP contribution is 2.24. The van der Waals surface area contributed by atoms with E-state index in [4.69, 9.17) is 0 Å². The maximum Gasteiger partial charge on any atom is 0.182 e. The van der Waals surface area contributed by atoms with Crippen LogP contribution < -0.4 is 10.6 Å². The fourth-order valence-corrected chi connectivity index (χ4v) is 1.73. The molecule has 0 aliphatic heterocycles. The predicted octanol–water partition coefficient (Wildman–Crippen LogP) is 3.63. The molecule has 0 atom stereocenters. The summed E-state index contributed by atoms with van der Waals surface area (Å²) in [7, 11) is 0. The van der Waals surface area contributed by atoms with Gasteiger partial charge in [-0.2, -0.15) is 0 Å². The van der Waals surface area contributed by atoms with E-state index in [0.29, 0.717) is 11.6 Å². The first-order valence-corrected chi connectivity index (χ1v) is 6.40. The standard InChI is InChI=1S/C14H16F2N4/c1-3-7-17-13-9(2)14(19-8-18-13)20-11-6-4-5-10(15)12(11)16/h4-6,8H,3,7H2,1-2H3,(H2,17,18,19,20). The van der Waals surface area contributed by atoms with Gasteiger partial charge in [0.05, 0.1) is 5.69 Å². The molecule has 2 N–H and O–H groups in total. The summed E-state index contributed by atoms with van der Waals surface area (Å²) < 4.78 is 26.8. The van der Waals surface area contributed by atoms with Gasteiger partial charge in [0.15, 0.2) is 11.6 Å². The van der Waals surface area contributed by atoms with Gasteiger partial charge in [-0.1, -0.05) is 13.0 Å². The van der Waals surface area contributed by atoms with Crippen LogP contribution in [0.15, 0.2) is 24.5 Å². The average molecular weight is 278 g/mol. The van der Waals surface area contributed by atoms with Crippen molar-refractivity contribution in [2.75, 3.05) is 17.2 Å². The topological polar surface area (TPSA) is 49.8 Å². The molecule has 20 heavy (non-hydrogen) atoms. The number of aromatic nitrogens is 2. The molecule has 1 aromatic heterocycles. The lowest BCUT2D eigenvalue weighted by Gasteiger charge is -2.13. The molecule has 0 saturated carbocycles. The van der Waals surface area contributed by atoms with Crippen LogP contribution in [0.2, 0.25) is 0 Å². The molecule has 0 aliphatic carbocycles. The van der Waals surface area contributed by atoms with Crippen LogP contribution in [0.25, 0.3) is 0 Å². The van der Waals surface area contributed by atoms with Gasteiger partial charge in [0.2, 0.25) is 0 Å². The zero-order valence-electron chi connectivity index (χ0n) is 11.4. The van der Waals surface area contributed by atoms with Gasteiger partial charge in [0.25, 0.3) is 0 Å². The summed E-state index contributed by atoms with van der Waals surface area (Å²) in [6.07, 6.45) is 2.34. The lowest BCUT2D eigenvalue weighted by Crippen LogP contribution is -2.07. The van der Waals surface area contributed by atoms with Gasteiger partial charge in [0.1, 0.15) is 18.0 Å². The molecule has 0 radical (unpaired) electrons. The Morgan fingerprint density at radius 2 is 1.90 bits per heavy atom. The van der Waals surface area contributed by atoms with Gasteiger partial charge >= 0.3 is 0 Å². The molecule has 2 rings (SSSR count). The summed E-state index contributed by atoms with van der Waals surface area (Å²) in [5.74, 6) is -0.691. The molecule has 0 saturated heterocycles. The average Bonchev–Trinajstić information content (AvgIpc) is 2.44. The van der Waals surface area contributed by atoms with E-state index >= 15 is 0 Å². The van der Waals surface area contributed by atoms with Crippen LogP contribution in [0.4, 0.5) is 26.1 Å². The Morgan fingerprint density at radius 1 is 1.15 bits per heavy atom. The van der Waals surface area contributed by atoms with Gasteiger partial charge in [-0.25, -0.2) is 18.7 Å². The van der Waals surface area contributed by atoms with E-state index in [1.54, 1.807) is 0 Å². The van der Waals surface area contributed by atoms with Crippen molar-refractivity contribution in [3.05, 3.63) is 41.7 Å². The summed E-state index contributed by atoms with van der Waals surface area (Å²) >= 11 is 0. The second-order valence-electron chi connectivity index (χ2n) is 4.35. The first-order valence-electron chi connectivity index (χ1n) is 6.40. The maximum atomic E-state index is 13.6. The number of anilines is 3. The quantitative estimate of drug-likeness (QED) is 0.877. The van der Waals surface area contributed by atoms with E-state index in [1.165, 1.54) is 18.5 Å². The minimum absolute atomic E-state index is 0.0493. The number of nitrogens with one attached hydrogen (secondary N) is 2. The lowest BCUT2D eigenvalue weighted by molar-refractivity contribution is 0.511. The fourth-order valence-electron chi connectivity index (χ4n) is 1.73. The minimum Gasteiger partial charge on any atom is -0.370 e. The predicted molar refractivity (Wildman–Crippen MR) is 75.2 cm³/mol. The van der Waals surface area contributed by atoms with Crippen LogP contribution in [0.5, 0.6) is 0 Å². The number of hydrogen-bond acceptors (Lipinski definition) is 4. The Balaban J connectivity index is 2.27. The summed E-state index contributed by atoms with van der Waals surface area (Å²) in [5, 5.41) is 5.95. The number of halogens is 2. The van der Waals surface area contributed by atoms with Gasteiger partial charge in [0, 0.05) is 12.1 Å². The summed E-state index contributed by atoms with van der Waals surface area (Å²) in [6, 6.07) is 3.97. The van der Waals surface area contributed by atoms with Crippen molar-refractivity contribution in [1.82, 2.24) is 9.97 Å². The van der Waals surface area contributed by atoms with Crippen LogP contribution in [0, 0.1) is 18.6 Å². The van der Waals surface area contributed by atoms with Crippen molar-refractivity contribution in [2.24, 2.45) is 0 Å². The largest absolute Gasteiger partial charge is 0.370 e. The van der Waals surface area contributed by atoms with Crippen LogP contribution in [-0.4, -0.2) is 16.5 Å². The van der Waals surface area contributed by atoms with Gasteiger partial charge < -0.3 is 10.6 Å². The van der Waals surface area contributed by atoms with Crippen molar-refractivity contribution in [3.63, 3.8) is 0 Å². The van der Waals surface area contributed by atoms with Crippen LogP contribution >= 0.6 is 0 Å². The zero-order valence-corrected chi connectivity index (χ0v) is 11.4. The minimum atomic E-state index is -0.923. The van der Waals surface area contributed by atoms with E-state index in [-0.39, 0.29) is 5.69 Å². The Kier molecular flexibility index (Phi) is 4.45. The molecule has 0 spiro atoms. The molecule has 6 heteroatoms. The highest BCUT2D eigenvalue weighted by molar-refractivity contribution is 5.64. The van der Waals surface area contributed by atoms with E-state index < -0.39 is 11.6 Å². The number of rotatable bonds is 5. The fraction of sp³-hybridized carbons (Fsp3) is 0.286. The Labute approximate surface area is 116 Å². The van der Waals surface area contributed by atoms with E-state index in [9.17, 15) is 8.78 Å². The Morgan fingerprint density at radius 3 is 2.65 bits per heavy atom. The Bertz CT molecular complexity index is 602. The Hall–Kier alpha value is -2.24. The lowest BCUT2D eigenvalue weighted by atomic mass is 10.2. The molecule has 0 bridgehead atoms. The van der Waals surface area contributed by atoms with Crippen molar-refractivity contribution in [3.8, 4) is 0 Å². The number of benzene rings is 1. The van der Waals surface area contributed by atoms with Crippen LogP contribution in [0.3, 0.4) is 0 Å². The number of hydrogen-bond donors (Lipinski definition) is 2. The third-order valence-corrected chi connectivity index (χ3v) is 2.83. The highest BCUT2D eigenvalue weighted by Gasteiger charge is 2.11. The van der Waals surface area contributed by atoms with E-state index in [2.05, 4.69) is 20.6 Å². The third-order valence-electron chi connectivity index (χ3n) is 2.83. The third kappa shape index (κ3) is 3.01. The first-order chi connectivity index (χ1) is 9.63. The molecular formula is C14H16F2N4. The molecule has 4 nitrogen and oxygen atoms in total. The molecule has 0 aliphatic rings. The number of nitrogens with zero attached hydrogens (tertiary/aromatic N) is 2. The maximum absolute atomic E-state index is 13.6. The summed E-state index contributed by atoms with van der Waals surface area (Å²) in [4.78, 5) is 8.19. The van der Waals surface area contributed by atoms with Gasteiger partial charge in [-0.15, -0.1) is 0 Å². The highest BCUT2D eigenvalue weighted by atomic mass is 19.2. The van der Waals surface area contributed by atoms with Gasteiger partial charge in [-0.05, 0) is 25.5 Å². The SMILES string of the molecule is CCCNc1ncnc(Nc2cccc(F)c2F)c1C. The van der Waals surface area contributed by atoms with E-state index in [0.717, 1.165) is 24.6 Å². The van der Waals surface area contributed by atoms with Crippen molar-refractivity contribution in [2.45, 2.75) is 20.3 Å². The molecule has 0 amide bonds. The molecule has 0 fully saturated rings. The monoisotopic (exact) mass is 278 g/mol. The normalized spacial score (nSPS) is 10.4. The second kappa shape index (κ2) is 6.27. The van der Waals surface area contributed by atoms with Crippen molar-refractivity contribution in [1.29, 1.82) is 0 Å². The van der Waals surface area contributed by atoms with E-state index in [1.807, 2.05) is 13.8 Å². The molecule has 2 aromatic rings. The zero-order chi connectivity index (χ0) is 14.5.